The third-order valence-corrected chi connectivity index (χ3v) is 2.79. The number of aryl methyl sites for hydroxylation is 1. The van der Waals surface area contributed by atoms with Gasteiger partial charge in [0.15, 0.2) is 11.6 Å². The molecule has 0 N–H and O–H groups in total. The zero-order valence-electron chi connectivity index (χ0n) is 9.98. The van der Waals surface area contributed by atoms with Crippen molar-refractivity contribution in [3.8, 4) is 11.4 Å². The van der Waals surface area contributed by atoms with Gasteiger partial charge in [0.25, 0.3) is 0 Å². The summed E-state index contributed by atoms with van der Waals surface area (Å²) in [6.45, 7) is 1.87. The highest BCUT2D eigenvalue weighted by Crippen LogP contribution is 2.27. The lowest BCUT2D eigenvalue weighted by Gasteiger charge is -2.15. The van der Waals surface area contributed by atoms with Gasteiger partial charge < -0.3 is 4.90 Å². The topological polar surface area (TPSA) is 41.9 Å². The number of hydrogen-bond acceptors (Lipinski definition) is 4. The van der Waals surface area contributed by atoms with Gasteiger partial charge in [-0.3, -0.25) is 4.98 Å². The monoisotopic (exact) mass is 248 g/mol. The van der Waals surface area contributed by atoms with Crippen molar-refractivity contribution in [2.45, 2.75) is 6.92 Å². The Kier molecular flexibility index (Phi) is 3.24. The van der Waals surface area contributed by atoms with E-state index >= 15 is 0 Å². The quantitative estimate of drug-likeness (QED) is 0.819. The van der Waals surface area contributed by atoms with Gasteiger partial charge in [0, 0.05) is 32.1 Å². The second kappa shape index (κ2) is 4.67. The third kappa shape index (κ3) is 2.36. The van der Waals surface area contributed by atoms with Crippen molar-refractivity contribution in [2.75, 3.05) is 19.0 Å². The highest BCUT2D eigenvalue weighted by molar-refractivity contribution is 6.33. The van der Waals surface area contributed by atoms with Gasteiger partial charge in [-0.25, -0.2) is 9.97 Å². The minimum Gasteiger partial charge on any atom is -0.361 e. The molecule has 0 amide bonds. The molecule has 2 aromatic heterocycles. The van der Waals surface area contributed by atoms with E-state index in [0.29, 0.717) is 10.8 Å². The van der Waals surface area contributed by atoms with E-state index in [-0.39, 0.29) is 0 Å². The molecule has 0 saturated carbocycles. The highest BCUT2D eigenvalue weighted by atomic mass is 35.5. The second-order valence-corrected chi connectivity index (χ2v) is 4.28. The van der Waals surface area contributed by atoms with Gasteiger partial charge in [-0.15, -0.1) is 0 Å². The summed E-state index contributed by atoms with van der Waals surface area (Å²) >= 11 is 6.17. The van der Waals surface area contributed by atoms with Crippen molar-refractivity contribution in [2.24, 2.45) is 0 Å². The Hall–Kier alpha value is -1.68. The van der Waals surface area contributed by atoms with Crippen molar-refractivity contribution < 1.29 is 0 Å². The summed E-state index contributed by atoms with van der Waals surface area (Å²) in [5.41, 5.74) is 1.65. The molecule has 0 aliphatic carbocycles. The van der Waals surface area contributed by atoms with E-state index in [1.807, 2.05) is 38.1 Å². The highest BCUT2D eigenvalue weighted by Gasteiger charge is 2.12. The van der Waals surface area contributed by atoms with E-state index in [2.05, 4.69) is 15.0 Å². The minimum absolute atomic E-state index is 0.586. The van der Waals surface area contributed by atoms with E-state index in [9.17, 15) is 0 Å². The average molecular weight is 249 g/mol. The zero-order valence-corrected chi connectivity index (χ0v) is 10.7. The van der Waals surface area contributed by atoms with Gasteiger partial charge in [0.2, 0.25) is 0 Å². The first-order chi connectivity index (χ1) is 8.09. The molecule has 5 heteroatoms. The van der Waals surface area contributed by atoms with Crippen LogP contribution in [0.3, 0.4) is 0 Å². The van der Waals surface area contributed by atoms with Crippen LogP contribution in [0.4, 0.5) is 5.82 Å². The first-order valence-electron chi connectivity index (χ1n) is 5.21. The minimum atomic E-state index is 0.586. The Bertz CT molecular complexity index is 526. The van der Waals surface area contributed by atoms with E-state index in [1.165, 1.54) is 0 Å². The van der Waals surface area contributed by atoms with Crippen molar-refractivity contribution in [1.29, 1.82) is 0 Å². The molecule has 17 heavy (non-hydrogen) atoms. The van der Waals surface area contributed by atoms with Gasteiger partial charge in [-0.2, -0.15) is 0 Å². The maximum Gasteiger partial charge on any atom is 0.163 e. The maximum atomic E-state index is 6.17. The number of nitrogens with zero attached hydrogens (tertiary/aromatic N) is 4. The van der Waals surface area contributed by atoms with Crippen LogP contribution in [0.5, 0.6) is 0 Å². The van der Waals surface area contributed by atoms with Crippen LogP contribution in [0.25, 0.3) is 11.4 Å². The molecule has 0 aliphatic heterocycles. The smallest absolute Gasteiger partial charge is 0.163 e. The molecule has 0 fully saturated rings. The molecule has 4 nitrogen and oxygen atoms in total. The molecule has 2 heterocycles. The van der Waals surface area contributed by atoms with Crippen molar-refractivity contribution in [3.05, 3.63) is 35.2 Å². The van der Waals surface area contributed by atoms with E-state index < -0.39 is 0 Å². The number of hydrogen-bond donors (Lipinski definition) is 0. The Morgan fingerprint density at radius 1 is 1.24 bits per heavy atom. The Morgan fingerprint density at radius 2 is 2.00 bits per heavy atom. The standard InChI is InChI=1S/C12H13ClN4/c1-8-10(13)12(17(2)3)16-11(15-8)9-5-4-6-14-7-9/h4-7H,1-3H3. The SMILES string of the molecule is Cc1nc(-c2cccnc2)nc(N(C)C)c1Cl. The molecule has 0 spiro atoms. The fraction of sp³-hybridized carbons (Fsp3) is 0.250. The Morgan fingerprint density at radius 3 is 2.59 bits per heavy atom. The molecule has 2 aromatic rings. The molecular weight excluding hydrogens is 236 g/mol. The third-order valence-electron chi connectivity index (χ3n) is 2.34. The normalized spacial score (nSPS) is 10.4. The number of anilines is 1. The van der Waals surface area contributed by atoms with Crippen LogP contribution < -0.4 is 4.90 Å². The van der Waals surface area contributed by atoms with Crippen LogP contribution in [-0.2, 0) is 0 Å². The molecular formula is C12H13ClN4. The van der Waals surface area contributed by atoms with Crippen LogP contribution in [0.1, 0.15) is 5.69 Å². The molecule has 0 atom stereocenters. The summed E-state index contributed by atoms with van der Waals surface area (Å²) in [5.74, 6) is 1.36. The molecule has 0 unspecified atom stereocenters. The predicted octanol–water partition coefficient (Wildman–Crippen LogP) is 2.57. The lowest BCUT2D eigenvalue weighted by atomic mass is 10.2. The van der Waals surface area contributed by atoms with Gasteiger partial charge in [-0.1, -0.05) is 11.6 Å². The van der Waals surface area contributed by atoms with Gasteiger partial charge in [0.05, 0.1) is 5.69 Å². The van der Waals surface area contributed by atoms with Crippen LogP contribution in [0.15, 0.2) is 24.5 Å². The summed E-state index contributed by atoms with van der Waals surface area (Å²) in [5, 5.41) is 0.586. The van der Waals surface area contributed by atoms with Crippen LogP contribution in [0, 0.1) is 6.92 Å². The summed E-state index contributed by atoms with van der Waals surface area (Å²) in [6.07, 6.45) is 3.46. The van der Waals surface area contributed by atoms with Crippen molar-refractivity contribution in [3.63, 3.8) is 0 Å². The molecule has 88 valence electrons. The second-order valence-electron chi connectivity index (χ2n) is 3.91. The fourth-order valence-corrected chi connectivity index (χ4v) is 1.72. The molecule has 2 rings (SSSR count). The predicted molar refractivity (Wildman–Crippen MR) is 69.3 cm³/mol. The van der Waals surface area contributed by atoms with E-state index in [0.717, 1.165) is 17.1 Å². The summed E-state index contributed by atoms with van der Waals surface area (Å²) in [4.78, 5) is 14.8. The molecule has 0 aliphatic rings. The Balaban J connectivity index is 2.57. The van der Waals surface area contributed by atoms with Crippen LogP contribution in [-0.4, -0.2) is 29.0 Å². The van der Waals surface area contributed by atoms with Crippen LogP contribution in [0.2, 0.25) is 5.02 Å². The molecule has 0 radical (unpaired) electrons. The van der Waals surface area contributed by atoms with E-state index in [4.69, 9.17) is 11.6 Å². The van der Waals surface area contributed by atoms with Gasteiger partial charge in [-0.05, 0) is 19.1 Å². The number of pyridine rings is 1. The first kappa shape index (κ1) is 11.8. The number of rotatable bonds is 2. The van der Waals surface area contributed by atoms with Gasteiger partial charge >= 0.3 is 0 Å². The average Bonchev–Trinajstić information content (AvgIpc) is 2.33. The lowest BCUT2D eigenvalue weighted by molar-refractivity contribution is 1.02. The lowest BCUT2D eigenvalue weighted by Crippen LogP contribution is -2.13. The zero-order chi connectivity index (χ0) is 12.4. The van der Waals surface area contributed by atoms with Crippen molar-refractivity contribution in [1.82, 2.24) is 15.0 Å². The first-order valence-corrected chi connectivity index (χ1v) is 5.59. The summed E-state index contributed by atoms with van der Waals surface area (Å²) < 4.78 is 0. The molecule has 0 saturated heterocycles. The number of aromatic nitrogens is 3. The Labute approximate surface area is 105 Å². The molecule has 0 bridgehead atoms. The van der Waals surface area contributed by atoms with Crippen LogP contribution >= 0.6 is 11.6 Å². The fourth-order valence-electron chi connectivity index (χ4n) is 1.46. The number of halogens is 1. The van der Waals surface area contributed by atoms with Crippen molar-refractivity contribution >= 4 is 17.4 Å². The summed E-state index contributed by atoms with van der Waals surface area (Å²) in [6, 6.07) is 3.78. The molecule has 0 aromatic carbocycles. The maximum absolute atomic E-state index is 6.17. The van der Waals surface area contributed by atoms with Gasteiger partial charge in [0.1, 0.15) is 5.02 Å². The van der Waals surface area contributed by atoms with E-state index in [1.54, 1.807) is 12.4 Å². The summed E-state index contributed by atoms with van der Waals surface area (Å²) in [7, 11) is 3.81. The largest absolute Gasteiger partial charge is 0.361 e.